The van der Waals surface area contributed by atoms with E-state index in [0.717, 1.165) is 13.0 Å². The summed E-state index contributed by atoms with van der Waals surface area (Å²) in [5.74, 6) is 0.0667. The molecule has 1 aromatic heterocycles. The molecule has 1 aromatic carbocycles. The molecule has 0 spiro atoms. The number of benzene rings is 1. The lowest BCUT2D eigenvalue weighted by Crippen LogP contribution is -2.27. The second-order valence-corrected chi connectivity index (χ2v) is 4.75. The van der Waals surface area contributed by atoms with Gasteiger partial charge < -0.3 is 14.6 Å². The molecular weight excluding hydrogens is 266 g/mol. The highest BCUT2D eigenvalue weighted by molar-refractivity contribution is 5.76. The van der Waals surface area contributed by atoms with E-state index in [1.54, 1.807) is 12.5 Å². The van der Waals surface area contributed by atoms with Crippen molar-refractivity contribution in [2.24, 2.45) is 0 Å². The molecule has 21 heavy (non-hydrogen) atoms. The lowest BCUT2D eigenvalue weighted by molar-refractivity contribution is -0.121. The average molecular weight is 287 g/mol. The van der Waals surface area contributed by atoms with Gasteiger partial charge in [0.2, 0.25) is 5.91 Å². The molecule has 2 rings (SSSR count). The highest BCUT2D eigenvalue weighted by Gasteiger charge is 2.01. The van der Waals surface area contributed by atoms with Gasteiger partial charge in [-0.05, 0) is 12.0 Å². The molecule has 0 atom stereocenters. The largest absolute Gasteiger partial charge is 0.378 e. The smallest absolute Gasteiger partial charge is 0.220 e. The number of nitrogens with one attached hydrogen (secondary N) is 1. The molecule has 0 aliphatic rings. The molecular formula is C16H21N3O2. The van der Waals surface area contributed by atoms with Crippen LogP contribution in [0.1, 0.15) is 12.0 Å². The van der Waals surface area contributed by atoms with Crippen molar-refractivity contribution in [2.75, 3.05) is 19.8 Å². The number of ether oxygens (including phenoxy) is 1. The van der Waals surface area contributed by atoms with Crippen molar-refractivity contribution in [1.29, 1.82) is 0 Å². The number of imidazole rings is 1. The van der Waals surface area contributed by atoms with E-state index in [2.05, 4.69) is 10.3 Å². The van der Waals surface area contributed by atoms with Gasteiger partial charge in [-0.2, -0.15) is 0 Å². The molecule has 1 heterocycles. The fraction of sp³-hybridized carbons (Fsp3) is 0.375. The summed E-state index contributed by atoms with van der Waals surface area (Å²) >= 11 is 0. The van der Waals surface area contributed by atoms with Crippen LogP contribution in [0.15, 0.2) is 49.1 Å². The Balaban J connectivity index is 1.47. The zero-order valence-electron chi connectivity index (χ0n) is 12.1. The van der Waals surface area contributed by atoms with E-state index >= 15 is 0 Å². The van der Waals surface area contributed by atoms with Crippen LogP contribution in [0, 0.1) is 0 Å². The maximum atomic E-state index is 11.7. The van der Waals surface area contributed by atoms with Crippen molar-refractivity contribution in [2.45, 2.75) is 19.4 Å². The van der Waals surface area contributed by atoms with Gasteiger partial charge in [0.1, 0.15) is 0 Å². The van der Waals surface area contributed by atoms with Gasteiger partial charge >= 0.3 is 0 Å². The summed E-state index contributed by atoms with van der Waals surface area (Å²) in [6.45, 7) is 2.49. The van der Waals surface area contributed by atoms with E-state index in [4.69, 9.17) is 4.74 Å². The topological polar surface area (TPSA) is 56.1 Å². The minimum Gasteiger partial charge on any atom is -0.378 e. The van der Waals surface area contributed by atoms with E-state index in [-0.39, 0.29) is 5.91 Å². The summed E-state index contributed by atoms with van der Waals surface area (Å²) in [6, 6.07) is 10.0. The Morgan fingerprint density at radius 3 is 2.86 bits per heavy atom. The number of nitrogens with zero attached hydrogens (tertiary/aromatic N) is 2. The van der Waals surface area contributed by atoms with Crippen molar-refractivity contribution in [1.82, 2.24) is 14.9 Å². The maximum Gasteiger partial charge on any atom is 0.220 e. The van der Waals surface area contributed by atoms with Gasteiger partial charge in [-0.15, -0.1) is 0 Å². The predicted octanol–water partition coefficient (Wildman–Crippen LogP) is 1.65. The third-order valence-electron chi connectivity index (χ3n) is 3.11. The van der Waals surface area contributed by atoms with Crippen LogP contribution >= 0.6 is 0 Å². The first kappa shape index (κ1) is 15.3. The summed E-state index contributed by atoms with van der Waals surface area (Å²) in [6.07, 6.45) is 6.68. The summed E-state index contributed by atoms with van der Waals surface area (Å²) in [5, 5.41) is 2.86. The van der Waals surface area contributed by atoms with E-state index in [1.165, 1.54) is 5.56 Å². The number of carbonyl (C=O) groups excluding carboxylic acids is 1. The molecule has 0 saturated heterocycles. The number of aromatic nitrogens is 2. The third-order valence-corrected chi connectivity index (χ3v) is 3.11. The second-order valence-electron chi connectivity index (χ2n) is 4.75. The normalized spacial score (nSPS) is 10.5. The van der Waals surface area contributed by atoms with Crippen LogP contribution in [0.5, 0.6) is 0 Å². The Morgan fingerprint density at radius 2 is 2.10 bits per heavy atom. The minimum atomic E-state index is 0.0667. The fourth-order valence-corrected chi connectivity index (χ4v) is 1.94. The molecule has 1 amide bonds. The maximum absolute atomic E-state index is 11.7. The van der Waals surface area contributed by atoms with Crippen LogP contribution < -0.4 is 5.32 Å². The number of amides is 1. The minimum absolute atomic E-state index is 0.0667. The van der Waals surface area contributed by atoms with Gasteiger partial charge in [-0.25, -0.2) is 4.98 Å². The first-order valence-corrected chi connectivity index (χ1v) is 7.19. The lowest BCUT2D eigenvalue weighted by atomic mass is 10.1. The molecule has 5 nitrogen and oxygen atoms in total. The van der Waals surface area contributed by atoms with Gasteiger partial charge in [0.05, 0.1) is 19.5 Å². The summed E-state index contributed by atoms with van der Waals surface area (Å²) in [4.78, 5) is 15.6. The third kappa shape index (κ3) is 6.23. The van der Waals surface area contributed by atoms with E-state index in [1.807, 2.05) is 41.1 Å². The molecule has 5 heteroatoms. The Labute approximate surface area is 125 Å². The summed E-state index contributed by atoms with van der Waals surface area (Å²) in [7, 11) is 0. The number of carbonyl (C=O) groups is 1. The zero-order chi connectivity index (χ0) is 14.8. The van der Waals surface area contributed by atoms with Gasteiger partial charge in [0.25, 0.3) is 0 Å². The van der Waals surface area contributed by atoms with E-state index in [9.17, 15) is 4.79 Å². The van der Waals surface area contributed by atoms with Crippen LogP contribution in [-0.2, 0) is 22.5 Å². The standard InChI is InChI=1S/C16H21N3O2/c20-16(7-6-15-4-2-1-3-5-15)18-9-12-21-13-11-19-10-8-17-14-19/h1-5,8,10,14H,6-7,9,11-13H2,(H,18,20). The predicted molar refractivity (Wildman–Crippen MR) is 80.8 cm³/mol. The Kier molecular flexibility index (Phi) is 6.48. The first-order chi connectivity index (χ1) is 10.3. The molecule has 0 aliphatic carbocycles. The SMILES string of the molecule is O=C(CCc1ccccc1)NCCOCCn1ccnc1. The van der Waals surface area contributed by atoms with Gasteiger partial charge in [0.15, 0.2) is 0 Å². The Hall–Kier alpha value is -2.14. The Bertz CT molecular complexity index is 512. The van der Waals surface area contributed by atoms with Crippen LogP contribution in [0.25, 0.3) is 0 Å². The molecule has 0 aliphatic heterocycles. The first-order valence-electron chi connectivity index (χ1n) is 7.19. The van der Waals surface area contributed by atoms with Crippen molar-refractivity contribution < 1.29 is 9.53 Å². The van der Waals surface area contributed by atoms with Crippen LogP contribution in [0.4, 0.5) is 0 Å². The highest BCUT2D eigenvalue weighted by Crippen LogP contribution is 2.01. The van der Waals surface area contributed by atoms with Crippen LogP contribution in [0.2, 0.25) is 0 Å². The molecule has 1 N–H and O–H groups in total. The molecule has 0 radical (unpaired) electrons. The van der Waals surface area contributed by atoms with Crippen molar-refractivity contribution >= 4 is 5.91 Å². The fourth-order valence-electron chi connectivity index (χ4n) is 1.94. The zero-order valence-corrected chi connectivity index (χ0v) is 12.1. The highest BCUT2D eigenvalue weighted by atomic mass is 16.5. The van der Waals surface area contributed by atoms with Gasteiger partial charge in [-0.3, -0.25) is 4.79 Å². The number of hydrogen-bond donors (Lipinski definition) is 1. The molecule has 112 valence electrons. The van der Waals surface area contributed by atoms with E-state index < -0.39 is 0 Å². The van der Waals surface area contributed by atoms with Crippen molar-refractivity contribution in [3.05, 3.63) is 54.6 Å². The molecule has 0 unspecified atom stereocenters. The van der Waals surface area contributed by atoms with Gasteiger partial charge in [-0.1, -0.05) is 30.3 Å². The molecule has 0 saturated carbocycles. The quantitative estimate of drug-likeness (QED) is 0.713. The number of rotatable bonds is 9. The second kappa shape index (κ2) is 8.92. The average Bonchev–Trinajstić information content (AvgIpc) is 3.03. The molecule has 0 fully saturated rings. The van der Waals surface area contributed by atoms with Crippen LogP contribution in [0.3, 0.4) is 0 Å². The van der Waals surface area contributed by atoms with E-state index in [0.29, 0.717) is 26.2 Å². The van der Waals surface area contributed by atoms with Crippen molar-refractivity contribution in [3.63, 3.8) is 0 Å². The molecule has 2 aromatic rings. The number of aryl methyl sites for hydroxylation is 1. The van der Waals surface area contributed by atoms with Gasteiger partial charge in [0, 0.05) is 31.9 Å². The summed E-state index contributed by atoms with van der Waals surface area (Å²) < 4.78 is 7.41. The number of hydrogen-bond acceptors (Lipinski definition) is 3. The van der Waals surface area contributed by atoms with Crippen molar-refractivity contribution in [3.8, 4) is 0 Å². The lowest BCUT2D eigenvalue weighted by Gasteiger charge is -2.07. The molecule has 0 bridgehead atoms. The van der Waals surface area contributed by atoms with Crippen LogP contribution in [-0.4, -0.2) is 35.2 Å². The Morgan fingerprint density at radius 1 is 1.24 bits per heavy atom. The monoisotopic (exact) mass is 287 g/mol. The summed E-state index contributed by atoms with van der Waals surface area (Å²) in [5.41, 5.74) is 1.18.